The Morgan fingerprint density at radius 3 is 2.55 bits per heavy atom. The van der Waals surface area contributed by atoms with Crippen LogP contribution >= 0.6 is 15.9 Å². The number of aromatic nitrogens is 2. The van der Waals surface area contributed by atoms with Crippen LogP contribution in [-0.2, 0) is 11.2 Å². The number of hydrogen-bond acceptors (Lipinski definition) is 6. The molecule has 31 heavy (non-hydrogen) atoms. The Balaban J connectivity index is 1.47. The summed E-state index contributed by atoms with van der Waals surface area (Å²) in [6.45, 7) is 0.122. The maximum atomic E-state index is 12.0. The number of anilines is 3. The van der Waals surface area contributed by atoms with E-state index in [0.717, 1.165) is 24.1 Å². The van der Waals surface area contributed by atoms with Gasteiger partial charge in [0.05, 0.1) is 10.7 Å². The molecular weight excluding hydrogens is 460 g/mol. The van der Waals surface area contributed by atoms with Gasteiger partial charge >= 0.3 is 0 Å². The molecule has 0 aliphatic heterocycles. The predicted octanol–water partition coefficient (Wildman–Crippen LogP) is 4.66. The van der Waals surface area contributed by atoms with Crippen molar-refractivity contribution in [1.82, 2.24) is 9.97 Å². The van der Waals surface area contributed by atoms with E-state index in [2.05, 4.69) is 42.5 Å². The maximum Gasteiger partial charge on any atom is 0.233 e. The maximum absolute atomic E-state index is 12.0. The third-order valence-electron chi connectivity index (χ3n) is 4.23. The summed E-state index contributed by atoms with van der Waals surface area (Å²) >= 11 is 3.33. The molecule has 2 aromatic carbocycles. The summed E-state index contributed by atoms with van der Waals surface area (Å²) in [6, 6.07) is 14.3. The quantitative estimate of drug-likeness (QED) is 0.304. The summed E-state index contributed by atoms with van der Waals surface area (Å²) < 4.78 is 6.00. The van der Waals surface area contributed by atoms with Crippen LogP contribution in [-0.4, -0.2) is 27.6 Å². The Hall–Kier alpha value is -3.57. The summed E-state index contributed by atoms with van der Waals surface area (Å²) in [7, 11) is 0. The number of hydrogen-bond donors (Lipinski definition) is 3. The number of phenolic OH excluding ortho intramolecular Hbond substituents is 1. The number of aryl methyl sites for hydroxylation is 1. The molecule has 1 heterocycles. The minimum atomic E-state index is -0.0563. The van der Waals surface area contributed by atoms with Crippen LogP contribution in [0.5, 0.6) is 11.6 Å². The summed E-state index contributed by atoms with van der Waals surface area (Å²) in [5.74, 6) is 3.28. The van der Waals surface area contributed by atoms with Gasteiger partial charge in [-0.2, -0.15) is 4.98 Å². The van der Waals surface area contributed by atoms with E-state index in [-0.39, 0.29) is 18.3 Å². The molecule has 8 heteroatoms. The molecule has 3 rings (SSSR count). The van der Waals surface area contributed by atoms with Crippen molar-refractivity contribution in [2.75, 3.05) is 17.2 Å². The van der Waals surface area contributed by atoms with E-state index in [4.69, 9.17) is 11.2 Å². The van der Waals surface area contributed by atoms with E-state index >= 15 is 0 Å². The lowest BCUT2D eigenvalue weighted by Crippen LogP contribution is -2.11. The van der Waals surface area contributed by atoms with E-state index in [0.29, 0.717) is 28.4 Å². The topological polar surface area (TPSA) is 96.4 Å². The Labute approximate surface area is 189 Å². The fourth-order valence-corrected chi connectivity index (χ4v) is 3.03. The first kappa shape index (κ1) is 22.1. The molecule has 1 amide bonds. The normalized spacial score (nSPS) is 10.2. The van der Waals surface area contributed by atoms with Crippen molar-refractivity contribution in [2.45, 2.75) is 19.3 Å². The Kier molecular flexibility index (Phi) is 7.85. The lowest BCUT2D eigenvalue weighted by molar-refractivity contribution is -0.116. The monoisotopic (exact) mass is 480 g/mol. The molecule has 0 atom stereocenters. The van der Waals surface area contributed by atoms with Crippen molar-refractivity contribution in [3.63, 3.8) is 0 Å². The van der Waals surface area contributed by atoms with Crippen LogP contribution < -0.4 is 15.4 Å². The van der Waals surface area contributed by atoms with Gasteiger partial charge in [0, 0.05) is 17.8 Å². The van der Waals surface area contributed by atoms with Crippen molar-refractivity contribution in [2.24, 2.45) is 0 Å². The zero-order valence-corrected chi connectivity index (χ0v) is 18.2. The van der Waals surface area contributed by atoms with Gasteiger partial charge in [0.1, 0.15) is 5.75 Å². The summed E-state index contributed by atoms with van der Waals surface area (Å²) in [4.78, 5) is 20.5. The molecule has 0 fully saturated rings. The largest absolute Gasteiger partial charge is 0.508 e. The van der Waals surface area contributed by atoms with Crippen LogP contribution in [0.4, 0.5) is 17.3 Å². The highest BCUT2D eigenvalue weighted by Gasteiger charge is 2.07. The number of amides is 1. The standard InChI is InChI=1S/C23H21BrN4O3/c1-2-14-31-22-20(24)15-25-23(28-22)27-18-8-6-16(7-9-18)4-3-5-21(30)26-17-10-12-19(29)13-11-17/h1,6-13,15,29H,3-5,14H2,(H,26,30)(H,25,27,28). The van der Waals surface area contributed by atoms with Gasteiger partial charge in [-0.25, -0.2) is 4.98 Å². The molecule has 0 spiro atoms. The number of phenols is 1. The van der Waals surface area contributed by atoms with Gasteiger partial charge in [-0.3, -0.25) is 4.79 Å². The smallest absolute Gasteiger partial charge is 0.233 e. The van der Waals surface area contributed by atoms with Crippen molar-refractivity contribution in [3.8, 4) is 24.0 Å². The molecule has 1 aromatic heterocycles. The van der Waals surface area contributed by atoms with Crippen LogP contribution in [0.2, 0.25) is 0 Å². The fourth-order valence-electron chi connectivity index (χ4n) is 2.73. The van der Waals surface area contributed by atoms with E-state index < -0.39 is 0 Å². The Morgan fingerprint density at radius 2 is 1.84 bits per heavy atom. The van der Waals surface area contributed by atoms with Gasteiger partial charge in [-0.1, -0.05) is 18.1 Å². The second kappa shape index (κ2) is 11.0. The average Bonchev–Trinajstić information content (AvgIpc) is 2.77. The molecule has 3 N–H and O–H groups in total. The molecule has 3 aromatic rings. The van der Waals surface area contributed by atoms with Crippen LogP contribution in [0.1, 0.15) is 18.4 Å². The molecule has 0 aliphatic carbocycles. The van der Waals surface area contributed by atoms with Crippen LogP contribution in [0.3, 0.4) is 0 Å². The number of aromatic hydroxyl groups is 1. The number of ether oxygens (including phenoxy) is 1. The highest BCUT2D eigenvalue weighted by molar-refractivity contribution is 9.10. The van der Waals surface area contributed by atoms with Gasteiger partial charge in [0.2, 0.25) is 17.7 Å². The molecule has 158 valence electrons. The van der Waals surface area contributed by atoms with Crippen molar-refractivity contribution in [3.05, 3.63) is 64.8 Å². The number of rotatable bonds is 9. The molecule has 0 radical (unpaired) electrons. The Bertz CT molecular complexity index is 1060. The minimum absolute atomic E-state index is 0.0563. The summed E-state index contributed by atoms with van der Waals surface area (Å²) in [5.41, 5.74) is 2.62. The zero-order chi connectivity index (χ0) is 22.1. The fraction of sp³-hybridized carbons (Fsp3) is 0.174. The van der Waals surface area contributed by atoms with Crippen molar-refractivity contribution in [1.29, 1.82) is 0 Å². The first-order valence-corrected chi connectivity index (χ1v) is 10.4. The molecule has 0 saturated carbocycles. The number of halogens is 1. The van der Waals surface area contributed by atoms with E-state index in [1.807, 2.05) is 24.3 Å². The van der Waals surface area contributed by atoms with Gasteiger partial charge < -0.3 is 20.5 Å². The van der Waals surface area contributed by atoms with Gasteiger partial charge in [-0.05, 0) is 70.7 Å². The molecule has 0 saturated heterocycles. The lowest BCUT2D eigenvalue weighted by Gasteiger charge is -2.09. The number of carbonyl (C=O) groups is 1. The summed E-state index contributed by atoms with van der Waals surface area (Å²) in [6.07, 6.45) is 8.72. The molecule has 0 aliphatic rings. The second-order valence-electron chi connectivity index (χ2n) is 6.61. The molecular formula is C23H21BrN4O3. The number of terminal acetylenes is 1. The minimum Gasteiger partial charge on any atom is -0.508 e. The number of nitrogens with one attached hydrogen (secondary N) is 2. The first-order valence-electron chi connectivity index (χ1n) is 9.57. The highest BCUT2D eigenvalue weighted by Crippen LogP contribution is 2.24. The number of nitrogens with zero attached hydrogens (tertiary/aromatic N) is 2. The van der Waals surface area contributed by atoms with E-state index in [1.165, 1.54) is 12.1 Å². The van der Waals surface area contributed by atoms with Crippen LogP contribution in [0.15, 0.2) is 59.2 Å². The lowest BCUT2D eigenvalue weighted by atomic mass is 10.1. The third kappa shape index (κ3) is 7.01. The predicted molar refractivity (Wildman–Crippen MR) is 123 cm³/mol. The van der Waals surface area contributed by atoms with Crippen molar-refractivity contribution >= 4 is 39.2 Å². The highest BCUT2D eigenvalue weighted by atomic mass is 79.9. The van der Waals surface area contributed by atoms with Crippen LogP contribution in [0, 0.1) is 12.3 Å². The average molecular weight is 481 g/mol. The molecule has 7 nitrogen and oxygen atoms in total. The Morgan fingerprint density at radius 1 is 1.13 bits per heavy atom. The molecule has 0 bridgehead atoms. The van der Waals surface area contributed by atoms with E-state index in [1.54, 1.807) is 18.3 Å². The van der Waals surface area contributed by atoms with E-state index in [9.17, 15) is 9.90 Å². The number of benzene rings is 2. The number of carbonyl (C=O) groups excluding carboxylic acids is 1. The zero-order valence-electron chi connectivity index (χ0n) is 16.6. The third-order valence-corrected chi connectivity index (χ3v) is 4.78. The first-order chi connectivity index (χ1) is 15.0. The molecule has 0 unspecified atom stereocenters. The SMILES string of the molecule is C#CCOc1nc(Nc2ccc(CCCC(=O)Nc3ccc(O)cc3)cc2)ncc1Br. The summed E-state index contributed by atoms with van der Waals surface area (Å²) in [5, 5.41) is 15.2. The van der Waals surface area contributed by atoms with Crippen LogP contribution in [0.25, 0.3) is 0 Å². The van der Waals surface area contributed by atoms with Gasteiger partial charge in [0.25, 0.3) is 0 Å². The second-order valence-corrected chi connectivity index (χ2v) is 7.46. The van der Waals surface area contributed by atoms with Gasteiger partial charge in [-0.15, -0.1) is 6.42 Å². The van der Waals surface area contributed by atoms with Gasteiger partial charge in [0.15, 0.2) is 6.61 Å². The van der Waals surface area contributed by atoms with Crippen molar-refractivity contribution < 1.29 is 14.6 Å².